The van der Waals surface area contributed by atoms with Crippen molar-refractivity contribution in [1.29, 1.82) is 0 Å². The number of hydrazine groups is 2. The number of piperidine rings is 1. The summed E-state index contributed by atoms with van der Waals surface area (Å²) in [5.41, 5.74) is 13.5. The molecule has 130 valence electrons. The quantitative estimate of drug-likeness (QED) is 0.541. The lowest BCUT2D eigenvalue weighted by Gasteiger charge is -2.31. The average molecular weight is 347 g/mol. The zero-order valence-electron chi connectivity index (χ0n) is 13.7. The maximum atomic E-state index is 3.75. The zero-order chi connectivity index (χ0) is 15.9. The van der Waals surface area contributed by atoms with Crippen molar-refractivity contribution in [2.75, 3.05) is 36.5 Å². The molecule has 0 aromatic heterocycles. The average Bonchev–Trinajstić information content (AvgIpc) is 3.32. The maximum Gasteiger partial charge on any atom is 0.137 e. The Morgan fingerprint density at radius 1 is 1.21 bits per heavy atom. The van der Waals surface area contributed by atoms with Crippen molar-refractivity contribution in [1.82, 2.24) is 26.6 Å². The van der Waals surface area contributed by atoms with Crippen LogP contribution in [-0.2, 0) is 0 Å². The minimum atomic E-state index is 0.261. The van der Waals surface area contributed by atoms with E-state index < -0.39 is 0 Å². The molecular formula is C16H25N7S. The molecule has 0 radical (unpaired) electrons. The fourth-order valence-electron chi connectivity index (χ4n) is 4.07. The van der Waals surface area contributed by atoms with E-state index in [1.54, 1.807) is 0 Å². The van der Waals surface area contributed by atoms with Gasteiger partial charge in [-0.05, 0) is 37.4 Å². The van der Waals surface area contributed by atoms with Crippen molar-refractivity contribution in [3.05, 3.63) is 24.3 Å². The third-order valence-corrected chi connectivity index (χ3v) is 6.76. The van der Waals surface area contributed by atoms with Crippen LogP contribution < -0.4 is 31.8 Å². The lowest BCUT2D eigenvalue weighted by molar-refractivity contribution is 0.143. The van der Waals surface area contributed by atoms with E-state index in [4.69, 9.17) is 0 Å². The van der Waals surface area contributed by atoms with Crippen molar-refractivity contribution >= 4 is 23.1 Å². The van der Waals surface area contributed by atoms with Crippen LogP contribution >= 0.6 is 11.8 Å². The van der Waals surface area contributed by atoms with Crippen LogP contribution in [0.15, 0.2) is 24.3 Å². The summed E-state index contributed by atoms with van der Waals surface area (Å²) in [7, 11) is 0. The van der Waals surface area contributed by atoms with Gasteiger partial charge in [0, 0.05) is 6.54 Å². The highest BCUT2D eigenvalue weighted by Crippen LogP contribution is 2.36. The van der Waals surface area contributed by atoms with Gasteiger partial charge in [0.25, 0.3) is 0 Å². The number of anilines is 2. The highest BCUT2D eigenvalue weighted by Gasteiger charge is 2.44. The normalized spacial score (nSPS) is 35.8. The van der Waals surface area contributed by atoms with Crippen molar-refractivity contribution in [3.8, 4) is 0 Å². The molecule has 4 heterocycles. The predicted octanol–water partition coefficient (Wildman–Crippen LogP) is 0.473. The monoisotopic (exact) mass is 347 g/mol. The molecule has 7 nitrogen and oxygen atoms in total. The Bertz CT molecular complexity index is 594. The topological polar surface area (TPSA) is 66.6 Å². The van der Waals surface area contributed by atoms with Gasteiger partial charge < -0.3 is 15.5 Å². The van der Waals surface area contributed by atoms with E-state index in [9.17, 15) is 0 Å². The van der Waals surface area contributed by atoms with Crippen LogP contribution in [-0.4, -0.2) is 48.3 Å². The van der Waals surface area contributed by atoms with Gasteiger partial charge in [-0.25, -0.2) is 16.3 Å². The smallest absolute Gasteiger partial charge is 0.137 e. The summed E-state index contributed by atoms with van der Waals surface area (Å²) >= 11 is 2.00. The first-order valence-corrected chi connectivity index (χ1v) is 9.82. The van der Waals surface area contributed by atoms with E-state index in [-0.39, 0.29) is 6.17 Å². The summed E-state index contributed by atoms with van der Waals surface area (Å²) in [4.78, 5) is 2.40. The summed E-state index contributed by atoms with van der Waals surface area (Å²) in [5, 5.41) is 9.87. The number of benzene rings is 1. The molecule has 0 spiro atoms. The number of para-hydroxylation sites is 2. The first kappa shape index (κ1) is 15.2. The Balaban J connectivity index is 1.24. The summed E-state index contributed by atoms with van der Waals surface area (Å²) < 4.78 is 0. The molecule has 5 rings (SSSR count). The van der Waals surface area contributed by atoms with Crippen molar-refractivity contribution in [2.24, 2.45) is 5.92 Å². The fraction of sp³-hybridized carbons (Fsp3) is 0.625. The van der Waals surface area contributed by atoms with Gasteiger partial charge in [0.2, 0.25) is 0 Å². The van der Waals surface area contributed by atoms with E-state index in [1.165, 1.54) is 30.8 Å². The maximum absolute atomic E-state index is 3.75. The van der Waals surface area contributed by atoms with Crippen molar-refractivity contribution in [2.45, 2.75) is 29.9 Å². The van der Waals surface area contributed by atoms with Crippen LogP contribution in [0.5, 0.6) is 0 Å². The Hall–Kier alpha value is -1.03. The van der Waals surface area contributed by atoms with Gasteiger partial charge >= 0.3 is 0 Å². The number of nitrogens with one attached hydrogen (secondary N) is 5. The molecule has 5 N–H and O–H groups in total. The molecule has 1 aromatic carbocycles. The molecule has 4 atom stereocenters. The van der Waals surface area contributed by atoms with E-state index >= 15 is 0 Å². The highest BCUT2D eigenvalue weighted by molar-refractivity contribution is 8.00. The predicted molar refractivity (Wildman–Crippen MR) is 98.1 cm³/mol. The summed E-state index contributed by atoms with van der Waals surface area (Å²) in [5.74, 6) is 0.714. The Kier molecular flexibility index (Phi) is 4.04. The molecule has 0 amide bonds. The molecule has 1 aromatic rings. The van der Waals surface area contributed by atoms with E-state index in [1.807, 2.05) is 11.8 Å². The lowest BCUT2D eigenvalue weighted by Crippen LogP contribution is -2.53. The van der Waals surface area contributed by atoms with Crippen molar-refractivity contribution in [3.63, 3.8) is 0 Å². The third-order valence-electron chi connectivity index (χ3n) is 5.38. The van der Waals surface area contributed by atoms with Crippen LogP contribution in [0.4, 0.5) is 11.4 Å². The second-order valence-corrected chi connectivity index (χ2v) is 8.16. The van der Waals surface area contributed by atoms with E-state index in [2.05, 4.69) is 61.1 Å². The van der Waals surface area contributed by atoms with Crippen LogP contribution in [0.1, 0.15) is 12.8 Å². The second-order valence-electron chi connectivity index (χ2n) is 6.93. The molecule has 0 bridgehead atoms. The van der Waals surface area contributed by atoms with Crippen LogP contribution in [0, 0.1) is 5.92 Å². The Labute approximate surface area is 146 Å². The first-order chi connectivity index (χ1) is 11.9. The molecule has 0 saturated carbocycles. The summed E-state index contributed by atoms with van der Waals surface area (Å²) in [6, 6.07) is 8.53. The highest BCUT2D eigenvalue weighted by atomic mass is 32.2. The van der Waals surface area contributed by atoms with Gasteiger partial charge in [0.1, 0.15) is 11.7 Å². The molecule has 3 fully saturated rings. The zero-order valence-corrected chi connectivity index (χ0v) is 14.5. The first-order valence-electron chi connectivity index (χ1n) is 8.88. The standard InChI is InChI=1S/C16H25N7S/c1-2-6-13-12(5-1)18-10-22(13)9-14-19-20-16-23(14)21-15(24-16)11-4-3-7-17-8-11/h1-2,5-6,11,14-21H,3-4,7-10H2. The van der Waals surface area contributed by atoms with Crippen LogP contribution in [0.2, 0.25) is 0 Å². The number of rotatable bonds is 3. The van der Waals surface area contributed by atoms with Gasteiger partial charge in [0.15, 0.2) is 0 Å². The summed E-state index contributed by atoms with van der Waals surface area (Å²) in [6.07, 6.45) is 2.87. The number of nitrogens with zero attached hydrogens (tertiary/aromatic N) is 2. The van der Waals surface area contributed by atoms with Gasteiger partial charge in [-0.15, -0.1) is 11.8 Å². The van der Waals surface area contributed by atoms with Gasteiger partial charge in [-0.3, -0.25) is 0 Å². The number of thioether (sulfide) groups is 1. The van der Waals surface area contributed by atoms with Gasteiger partial charge in [-0.1, -0.05) is 12.1 Å². The number of fused-ring (bicyclic) bond motifs is 2. The van der Waals surface area contributed by atoms with E-state index in [0.717, 1.165) is 19.8 Å². The third kappa shape index (κ3) is 2.67. The molecule has 24 heavy (non-hydrogen) atoms. The Morgan fingerprint density at radius 3 is 3.08 bits per heavy atom. The second kappa shape index (κ2) is 6.36. The van der Waals surface area contributed by atoms with Gasteiger partial charge in [-0.2, -0.15) is 5.01 Å². The fourth-order valence-corrected chi connectivity index (χ4v) is 5.46. The minimum absolute atomic E-state index is 0.261. The molecule has 4 aliphatic heterocycles. The molecule has 0 aliphatic carbocycles. The van der Waals surface area contributed by atoms with Crippen molar-refractivity contribution < 1.29 is 0 Å². The molecule has 4 unspecified atom stereocenters. The van der Waals surface area contributed by atoms with E-state index in [0.29, 0.717) is 16.8 Å². The van der Waals surface area contributed by atoms with Crippen LogP contribution in [0.3, 0.4) is 0 Å². The molecule has 8 heteroatoms. The van der Waals surface area contributed by atoms with Gasteiger partial charge in [0.05, 0.1) is 30.0 Å². The summed E-state index contributed by atoms with van der Waals surface area (Å²) in [6.45, 7) is 4.12. The number of hydrogen-bond acceptors (Lipinski definition) is 8. The molecule has 4 aliphatic rings. The van der Waals surface area contributed by atoms with Crippen LogP contribution in [0.25, 0.3) is 0 Å². The Morgan fingerprint density at radius 2 is 2.17 bits per heavy atom. The lowest BCUT2D eigenvalue weighted by atomic mass is 10.00. The largest absolute Gasteiger partial charge is 0.366 e. The minimum Gasteiger partial charge on any atom is -0.366 e. The molecular weight excluding hydrogens is 322 g/mol. The number of hydrogen-bond donors (Lipinski definition) is 5. The SMILES string of the molecule is c1ccc2c(c1)NCN2CC1NNC2SC(C3CCCNC3)NN12. The molecule has 3 saturated heterocycles.